The Morgan fingerprint density at radius 3 is 2.03 bits per heavy atom. The fourth-order valence-electron chi connectivity index (χ4n) is 2.92. The Bertz CT molecular complexity index is 826. The molecule has 1 aromatic rings. The Labute approximate surface area is 193 Å². The van der Waals surface area contributed by atoms with Crippen molar-refractivity contribution in [2.75, 3.05) is 0 Å². The smallest absolute Gasteiger partial charge is 0.0130 e. The Morgan fingerprint density at radius 1 is 1.00 bits per heavy atom. The molecule has 0 heterocycles. The highest BCUT2D eigenvalue weighted by atomic mass is 127. The lowest BCUT2D eigenvalue weighted by atomic mass is 9.85. The van der Waals surface area contributed by atoms with Gasteiger partial charge in [-0.1, -0.05) is 109 Å². The summed E-state index contributed by atoms with van der Waals surface area (Å²) in [5.74, 6) is 0. The van der Waals surface area contributed by atoms with Crippen LogP contribution in [0.5, 0.6) is 0 Å². The van der Waals surface area contributed by atoms with E-state index in [2.05, 4.69) is 139 Å². The summed E-state index contributed by atoms with van der Waals surface area (Å²) in [7, 11) is 0. The Morgan fingerprint density at radius 2 is 1.59 bits per heavy atom. The van der Waals surface area contributed by atoms with E-state index in [-0.39, 0.29) is 10.8 Å². The quantitative estimate of drug-likeness (QED) is 0.259. The van der Waals surface area contributed by atoms with Gasteiger partial charge in [0.15, 0.2) is 0 Å². The second-order valence-electron chi connectivity index (χ2n) is 9.40. The molecular weight excluding hydrogens is 463 g/mol. The molecule has 1 heteroatoms. The molecule has 0 nitrogen and oxygen atoms in total. The minimum Gasteiger partial charge on any atom is -0.0980 e. The van der Waals surface area contributed by atoms with Crippen molar-refractivity contribution in [3.63, 3.8) is 0 Å². The van der Waals surface area contributed by atoms with E-state index in [0.29, 0.717) is 0 Å². The van der Waals surface area contributed by atoms with Gasteiger partial charge in [-0.3, -0.25) is 0 Å². The van der Waals surface area contributed by atoms with Gasteiger partial charge in [0, 0.05) is 3.58 Å². The van der Waals surface area contributed by atoms with Crippen molar-refractivity contribution in [3.05, 3.63) is 105 Å². The van der Waals surface area contributed by atoms with Gasteiger partial charge in [0.05, 0.1) is 0 Å². The fraction of sp³-hybridized carbons (Fsp3) is 0.357. The van der Waals surface area contributed by atoms with E-state index in [1.165, 1.54) is 16.7 Å². The molecule has 156 valence electrons. The molecule has 0 saturated carbocycles. The predicted molar refractivity (Wildman–Crippen MR) is 141 cm³/mol. The normalized spacial score (nSPS) is 14.4. The van der Waals surface area contributed by atoms with Gasteiger partial charge < -0.3 is 0 Å². The third-order valence-electron chi connectivity index (χ3n) is 4.88. The summed E-state index contributed by atoms with van der Waals surface area (Å²) in [6.45, 7) is 23.7. The van der Waals surface area contributed by atoms with Gasteiger partial charge in [-0.15, -0.1) is 0 Å². The maximum absolute atomic E-state index is 4.32. The van der Waals surface area contributed by atoms with Crippen LogP contribution in [0.1, 0.15) is 59.6 Å². The van der Waals surface area contributed by atoms with E-state index in [0.717, 1.165) is 21.1 Å². The van der Waals surface area contributed by atoms with E-state index in [1.807, 2.05) is 6.08 Å². The van der Waals surface area contributed by atoms with Gasteiger partial charge >= 0.3 is 0 Å². The van der Waals surface area contributed by atoms with Gasteiger partial charge in [0.2, 0.25) is 0 Å². The molecule has 0 bridgehead atoms. The predicted octanol–water partition coefficient (Wildman–Crippen LogP) is 9.06. The minimum absolute atomic E-state index is 0.121. The van der Waals surface area contributed by atoms with Crippen molar-refractivity contribution in [3.8, 4) is 0 Å². The second kappa shape index (κ2) is 11.0. The van der Waals surface area contributed by atoms with E-state index in [4.69, 9.17) is 0 Å². The highest BCUT2D eigenvalue weighted by Crippen LogP contribution is 2.28. The van der Waals surface area contributed by atoms with Gasteiger partial charge in [-0.2, -0.15) is 0 Å². The van der Waals surface area contributed by atoms with Crippen LogP contribution in [0.3, 0.4) is 0 Å². The molecule has 0 saturated heterocycles. The van der Waals surface area contributed by atoms with Crippen LogP contribution >= 0.6 is 22.6 Å². The molecule has 0 fully saturated rings. The summed E-state index contributed by atoms with van der Waals surface area (Å²) in [4.78, 5) is 0. The first-order chi connectivity index (χ1) is 13.4. The van der Waals surface area contributed by atoms with E-state index >= 15 is 0 Å². The van der Waals surface area contributed by atoms with Crippen molar-refractivity contribution in [1.29, 1.82) is 0 Å². The van der Waals surface area contributed by atoms with Crippen molar-refractivity contribution in [1.82, 2.24) is 0 Å². The number of hydrogen-bond donors (Lipinski definition) is 0. The first kappa shape index (κ1) is 25.4. The van der Waals surface area contributed by atoms with Gasteiger partial charge in [-0.25, -0.2) is 0 Å². The molecule has 0 unspecified atom stereocenters. The number of hydrogen-bond acceptors (Lipinski definition) is 0. The average Bonchev–Trinajstić information content (AvgIpc) is 2.63. The zero-order chi connectivity index (χ0) is 22.2. The molecule has 1 rings (SSSR count). The van der Waals surface area contributed by atoms with Crippen LogP contribution in [0.25, 0.3) is 0 Å². The van der Waals surface area contributed by atoms with Gasteiger partial charge in [0.25, 0.3) is 0 Å². The molecule has 0 N–H and O–H groups in total. The number of rotatable bonds is 7. The molecular formula is C28H37I. The summed E-state index contributed by atoms with van der Waals surface area (Å²) in [6, 6.07) is 8.94. The highest BCUT2D eigenvalue weighted by molar-refractivity contribution is 14.1. The van der Waals surface area contributed by atoms with Crippen molar-refractivity contribution in [2.45, 2.75) is 60.3 Å². The van der Waals surface area contributed by atoms with Crippen molar-refractivity contribution >= 4 is 22.6 Å². The Kier molecular flexibility index (Phi) is 9.61. The minimum atomic E-state index is 0.121. The zero-order valence-electron chi connectivity index (χ0n) is 19.3. The monoisotopic (exact) mass is 500 g/mol. The molecule has 0 aliphatic heterocycles. The van der Waals surface area contributed by atoms with Crippen LogP contribution in [0.15, 0.2) is 94.2 Å². The zero-order valence-corrected chi connectivity index (χ0v) is 21.4. The van der Waals surface area contributed by atoms with Gasteiger partial charge in [0.1, 0.15) is 0 Å². The first-order valence-corrected chi connectivity index (χ1v) is 11.3. The van der Waals surface area contributed by atoms with Crippen LogP contribution in [0.4, 0.5) is 0 Å². The third kappa shape index (κ3) is 8.74. The van der Waals surface area contributed by atoms with E-state index in [9.17, 15) is 0 Å². The lowest BCUT2D eigenvalue weighted by Crippen LogP contribution is -2.10. The van der Waals surface area contributed by atoms with Gasteiger partial charge in [-0.05, 0) is 80.7 Å². The lowest BCUT2D eigenvalue weighted by molar-refractivity contribution is 0.516. The average molecular weight is 501 g/mol. The fourth-order valence-corrected chi connectivity index (χ4v) is 3.26. The Balaban J connectivity index is 3.12. The number of benzene rings is 1. The van der Waals surface area contributed by atoms with Crippen molar-refractivity contribution < 1.29 is 0 Å². The standard InChI is InChI=1S/C28H37I/c1-10-24(27(4,5)6)17-12-21(3)23(20-26(29)11-2)16-13-22-14-18-25(19-15-22)28(7,8)9/h10-12,14-20H,2-3,13H2,1,4-9H3/b17-12-,23-16+,24-10+,26-20+. The number of allylic oxidation sites excluding steroid dienone is 10. The molecule has 0 amide bonds. The summed E-state index contributed by atoms with van der Waals surface area (Å²) in [6.07, 6.45) is 13.6. The summed E-state index contributed by atoms with van der Waals surface area (Å²) < 4.78 is 1.11. The number of halogens is 1. The molecule has 0 aliphatic carbocycles. The van der Waals surface area contributed by atoms with Crippen LogP contribution in [0, 0.1) is 5.41 Å². The van der Waals surface area contributed by atoms with E-state index in [1.54, 1.807) is 0 Å². The molecule has 0 aromatic heterocycles. The van der Waals surface area contributed by atoms with Crippen LogP contribution < -0.4 is 0 Å². The topological polar surface area (TPSA) is 0 Å². The van der Waals surface area contributed by atoms with E-state index < -0.39 is 0 Å². The summed E-state index contributed by atoms with van der Waals surface area (Å²) in [5, 5.41) is 0. The second-order valence-corrected chi connectivity index (χ2v) is 10.6. The summed E-state index contributed by atoms with van der Waals surface area (Å²) in [5.41, 5.74) is 6.41. The molecule has 0 atom stereocenters. The van der Waals surface area contributed by atoms with Crippen LogP contribution in [0.2, 0.25) is 0 Å². The maximum Gasteiger partial charge on any atom is 0.0130 e. The lowest BCUT2D eigenvalue weighted by Gasteiger charge is -2.20. The molecule has 0 aliphatic rings. The molecule has 29 heavy (non-hydrogen) atoms. The summed E-state index contributed by atoms with van der Waals surface area (Å²) >= 11 is 2.31. The maximum atomic E-state index is 4.32. The molecule has 1 aromatic carbocycles. The molecule has 0 spiro atoms. The Hall–Kier alpha value is -1.61. The third-order valence-corrected chi connectivity index (χ3v) is 5.63. The van der Waals surface area contributed by atoms with Crippen LogP contribution in [-0.4, -0.2) is 0 Å². The van der Waals surface area contributed by atoms with Crippen molar-refractivity contribution in [2.24, 2.45) is 5.41 Å². The molecule has 0 radical (unpaired) electrons. The van der Waals surface area contributed by atoms with Crippen LogP contribution in [-0.2, 0) is 11.8 Å². The first-order valence-electron chi connectivity index (χ1n) is 10.2. The largest absolute Gasteiger partial charge is 0.0980 e. The SMILES string of the molecule is C=C/C(I)=C\C(=C/Cc1ccc(C(C)(C)C)cc1)C(=C)/C=C\C(=C/C)C(C)(C)C. The highest BCUT2D eigenvalue weighted by Gasteiger charge is 2.14.